The molecule has 3 fully saturated rings. The topological polar surface area (TPSA) is 21.3 Å². The zero-order chi connectivity index (χ0) is 11.6. The first-order chi connectivity index (χ1) is 8.36. The van der Waals surface area contributed by atoms with E-state index in [4.69, 9.17) is 4.74 Å². The molecule has 1 heterocycles. The fourth-order valence-electron chi connectivity index (χ4n) is 4.23. The van der Waals surface area contributed by atoms with Gasteiger partial charge in [0.15, 0.2) is 0 Å². The van der Waals surface area contributed by atoms with E-state index in [1.165, 1.54) is 64.2 Å². The van der Waals surface area contributed by atoms with Crippen molar-refractivity contribution in [1.82, 2.24) is 5.32 Å². The molecule has 0 aromatic carbocycles. The summed E-state index contributed by atoms with van der Waals surface area (Å²) in [6, 6.07) is 1.43. The van der Waals surface area contributed by atoms with Gasteiger partial charge in [0.2, 0.25) is 0 Å². The second kappa shape index (κ2) is 5.27. The van der Waals surface area contributed by atoms with Gasteiger partial charge in [-0.1, -0.05) is 12.8 Å². The molecule has 17 heavy (non-hydrogen) atoms. The molecule has 2 aliphatic carbocycles. The van der Waals surface area contributed by atoms with Crippen LogP contribution in [0.15, 0.2) is 0 Å². The smallest absolute Gasteiger partial charge is 0.0619 e. The van der Waals surface area contributed by atoms with Gasteiger partial charge in [0.1, 0.15) is 0 Å². The third-order valence-corrected chi connectivity index (χ3v) is 5.34. The summed E-state index contributed by atoms with van der Waals surface area (Å²) in [7, 11) is 0. The molecule has 98 valence electrons. The minimum atomic E-state index is 0.645. The Hall–Kier alpha value is -0.0800. The van der Waals surface area contributed by atoms with Crippen molar-refractivity contribution >= 4 is 0 Å². The molecule has 0 bridgehead atoms. The SMILES string of the molecule is C1COCC(NC2CCC3(CCCC3)CC2)C1. The zero-order valence-corrected chi connectivity index (χ0v) is 11.0. The Morgan fingerprint density at radius 2 is 1.59 bits per heavy atom. The number of ether oxygens (including phenoxy) is 1. The lowest BCUT2D eigenvalue weighted by Crippen LogP contribution is -2.45. The van der Waals surface area contributed by atoms with E-state index < -0.39 is 0 Å². The maximum absolute atomic E-state index is 5.55. The van der Waals surface area contributed by atoms with Crippen molar-refractivity contribution in [3.05, 3.63) is 0 Å². The molecule has 2 nitrogen and oxygen atoms in total. The standard InChI is InChI=1S/C15H27NO/c1-2-8-15(7-1)9-5-13(6-10-15)16-14-4-3-11-17-12-14/h13-14,16H,1-12H2. The molecule has 1 atom stereocenters. The normalized spacial score (nSPS) is 34.2. The Labute approximate surface area is 105 Å². The summed E-state index contributed by atoms with van der Waals surface area (Å²) in [5, 5.41) is 3.84. The highest BCUT2D eigenvalue weighted by Crippen LogP contribution is 2.48. The van der Waals surface area contributed by atoms with Crippen LogP contribution in [0.4, 0.5) is 0 Å². The average molecular weight is 237 g/mol. The molecule has 1 spiro atoms. The highest BCUT2D eigenvalue weighted by Gasteiger charge is 2.37. The zero-order valence-electron chi connectivity index (χ0n) is 11.0. The number of nitrogens with one attached hydrogen (secondary N) is 1. The fraction of sp³-hybridized carbons (Fsp3) is 1.00. The lowest BCUT2D eigenvalue weighted by atomic mass is 9.71. The third kappa shape index (κ3) is 2.85. The van der Waals surface area contributed by atoms with Crippen molar-refractivity contribution < 1.29 is 4.74 Å². The van der Waals surface area contributed by atoms with E-state index in [1.54, 1.807) is 0 Å². The summed E-state index contributed by atoms with van der Waals surface area (Å²) in [4.78, 5) is 0. The van der Waals surface area contributed by atoms with E-state index in [1.807, 2.05) is 0 Å². The van der Waals surface area contributed by atoms with Crippen LogP contribution in [0.5, 0.6) is 0 Å². The summed E-state index contributed by atoms with van der Waals surface area (Å²) in [5.41, 5.74) is 0.779. The summed E-state index contributed by atoms with van der Waals surface area (Å²) in [6.07, 6.45) is 14.4. The lowest BCUT2D eigenvalue weighted by Gasteiger charge is -2.39. The first-order valence-electron chi connectivity index (χ1n) is 7.70. The van der Waals surface area contributed by atoms with Crippen molar-refractivity contribution in [2.75, 3.05) is 13.2 Å². The van der Waals surface area contributed by atoms with E-state index in [2.05, 4.69) is 5.32 Å². The monoisotopic (exact) mass is 237 g/mol. The number of hydrogen-bond donors (Lipinski definition) is 1. The Balaban J connectivity index is 1.44. The minimum Gasteiger partial charge on any atom is -0.380 e. The predicted octanol–water partition coefficient (Wildman–Crippen LogP) is 3.26. The van der Waals surface area contributed by atoms with Gasteiger partial charge < -0.3 is 10.1 Å². The van der Waals surface area contributed by atoms with Crippen LogP contribution in [-0.2, 0) is 4.74 Å². The molecule has 1 unspecified atom stereocenters. The van der Waals surface area contributed by atoms with Crippen LogP contribution in [0.2, 0.25) is 0 Å². The van der Waals surface area contributed by atoms with Gasteiger partial charge in [-0.2, -0.15) is 0 Å². The van der Waals surface area contributed by atoms with Gasteiger partial charge in [0.25, 0.3) is 0 Å². The Morgan fingerprint density at radius 1 is 0.824 bits per heavy atom. The Bertz CT molecular complexity index is 231. The van der Waals surface area contributed by atoms with Crippen LogP contribution < -0.4 is 5.32 Å². The van der Waals surface area contributed by atoms with Crippen molar-refractivity contribution in [2.45, 2.75) is 76.3 Å². The second-order valence-corrected chi connectivity index (χ2v) is 6.56. The second-order valence-electron chi connectivity index (χ2n) is 6.56. The first-order valence-corrected chi connectivity index (χ1v) is 7.70. The van der Waals surface area contributed by atoms with Gasteiger partial charge in [-0.3, -0.25) is 0 Å². The molecular formula is C15H27NO. The number of hydrogen-bond acceptors (Lipinski definition) is 2. The van der Waals surface area contributed by atoms with E-state index in [0.29, 0.717) is 6.04 Å². The van der Waals surface area contributed by atoms with E-state index >= 15 is 0 Å². The molecule has 0 amide bonds. The van der Waals surface area contributed by atoms with Gasteiger partial charge >= 0.3 is 0 Å². The average Bonchev–Trinajstić information content (AvgIpc) is 2.83. The van der Waals surface area contributed by atoms with Gasteiger partial charge in [-0.15, -0.1) is 0 Å². The van der Waals surface area contributed by atoms with Crippen molar-refractivity contribution in [1.29, 1.82) is 0 Å². The fourth-order valence-corrected chi connectivity index (χ4v) is 4.23. The van der Waals surface area contributed by atoms with E-state index in [-0.39, 0.29) is 0 Å². The molecule has 1 saturated heterocycles. The van der Waals surface area contributed by atoms with Crippen LogP contribution in [0, 0.1) is 5.41 Å². The molecule has 3 aliphatic rings. The lowest BCUT2D eigenvalue weighted by molar-refractivity contribution is 0.0594. The molecule has 0 radical (unpaired) electrons. The third-order valence-electron chi connectivity index (χ3n) is 5.34. The van der Waals surface area contributed by atoms with E-state index in [0.717, 1.165) is 24.7 Å². The van der Waals surface area contributed by atoms with Crippen LogP contribution in [0.25, 0.3) is 0 Å². The molecule has 2 heteroatoms. The van der Waals surface area contributed by atoms with Crippen LogP contribution in [0.3, 0.4) is 0 Å². The maximum Gasteiger partial charge on any atom is 0.0619 e. The minimum absolute atomic E-state index is 0.645. The molecule has 1 aliphatic heterocycles. The maximum atomic E-state index is 5.55. The van der Waals surface area contributed by atoms with Crippen LogP contribution >= 0.6 is 0 Å². The van der Waals surface area contributed by atoms with Crippen LogP contribution in [0.1, 0.15) is 64.2 Å². The van der Waals surface area contributed by atoms with Crippen molar-refractivity contribution in [3.63, 3.8) is 0 Å². The van der Waals surface area contributed by atoms with Gasteiger partial charge in [-0.25, -0.2) is 0 Å². The predicted molar refractivity (Wildman–Crippen MR) is 70.1 cm³/mol. The molecule has 0 aromatic rings. The summed E-state index contributed by atoms with van der Waals surface area (Å²) in [6.45, 7) is 1.92. The number of rotatable bonds is 2. The van der Waals surface area contributed by atoms with Gasteiger partial charge in [-0.05, 0) is 56.8 Å². The Kier molecular flexibility index (Phi) is 3.72. The highest BCUT2D eigenvalue weighted by molar-refractivity contribution is 4.92. The van der Waals surface area contributed by atoms with Crippen molar-refractivity contribution in [2.24, 2.45) is 5.41 Å². The molecule has 3 rings (SSSR count). The summed E-state index contributed by atoms with van der Waals surface area (Å²) in [5.74, 6) is 0. The quantitative estimate of drug-likeness (QED) is 0.796. The highest BCUT2D eigenvalue weighted by atomic mass is 16.5. The van der Waals surface area contributed by atoms with Gasteiger partial charge in [0, 0.05) is 18.7 Å². The Morgan fingerprint density at radius 3 is 2.24 bits per heavy atom. The van der Waals surface area contributed by atoms with Gasteiger partial charge in [0.05, 0.1) is 6.61 Å². The molecule has 1 N–H and O–H groups in total. The van der Waals surface area contributed by atoms with E-state index in [9.17, 15) is 0 Å². The summed E-state index contributed by atoms with van der Waals surface area (Å²) < 4.78 is 5.55. The first kappa shape index (κ1) is 12.0. The molecule has 0 aromatic heterocycles. The molecule has 2 saturated carbocycles. The van der Waals surface area contributed by atoms with Crippen LogP contribution in [-0.4, -0.2) is 25.3 Å². The van der Waals surface area contributed by atoms with Crippen molar-refractivity contribution in [3.8, 4) is 0 Å². The molecular weight excluding hydrogens is 210 g/mol. The summed E-state index contributed by atoms with van der Waals surface area (Å²) >= 11 is 0. The largest absolute Gasteiger partial charge is 0.380 e.